The maximum atomic E-state index is 12.2. The van der Waals surface area contributed by atoms with Gasteiger partial charge in [-0.2, -0.15) is 0 Å². The van der Waals surface area contributed by atoms with Crippen LogP contribution in [0.2, 0.25) is 0 Å². The van der Waals surface area contributed by atoms with Gasteiger partial charge in [0.25, 0.3) is 0 Å². The third kappa shape index (κ3) is 3.59. The molecule has 5 heteroatoms. The summed E-state index contributed by atoms with van der Waals surface area (Å²) in [6.07, 6.45) is 1.08. The number of aliphatic hydroxyl groups excluding tert-OH is 1. The Labute approximate surface area is 129 Å². The number of benzene rings is 1. The Hall–Kier alpha value is -1.04. The van der Waals surface area contributed by atoms with Gasteiger partial charge in [-0.25, -0.2) is 4.79 Å². The minimum absolute atomic E-state index is 0.0174. The molecule has 0 amide bonds. The van der Waals surface area contributed by atoms with Crippen LogP contribution in [0.1, 0.15) is 24.2 Å². The van der Waals surface area contributed by atoms with Gasteiger partial charge in [0.05, 0.1) is 12.2 Å². The van der Waals surface area contributed by atoms with Gasteiger partial charge in [-0.15, -0.1) is 11.8 Å². The molecular formula is C16H22O4S. The monoisotopic (exact) mass is 310 g/mol. The minimum Gasteiger partial charge on any atom is -0.456 e. The Morgan fingerprint density at radius 3 is 2.52 bits per heavy atom. The summed E-state index contributed by atoms with van der Waals surface area (Å²) in [6.45, 7) is 3.98. The number of carbonyl (C=O) groups is 1. The number of aliphatic hydroxyl groups is 1. The molecule has 2 unspecified atom stereocenters. The Bertz CT molecular complexity index is 463. The Morgan fingerprint density at radius 2 is 1.95 bits per heavy atom. The summed E-state index contributed by atoms with van der Waals surface area (Å²) in [5.74, 6) is 0.00156. The van der Waals surface area contributed by atoms with Crippen LogP contribution in [-0.2, 0) is 9.47 Å². The van der Waals surface area contributed by atoms with Crippen LogP contribution < -0.4 is 0 Å². The van der Waals surface area contributed by atoms with Crippen molar-refractivity contribution in [2.45, 2.75) is 31.5 Å². The third-order valence-electron chi connectivity index (χ3n) is 4.12. The van der Waals surface area contributed by atoms with Gasteiger partial charge >= 0.3 is 5.97 Å². The molecule has 0 bridgehead atoms. The largest absolute Gasteiger partial charge is 0.456 e. The molecule has 0 spiro atoms. The fourth-order valence-corrected chi connectivity index (χ4v) is 3.56. The zero-order chi connectivity index (χ0) is 15.4. The van der Waals surface area contributed by atoms with Crippen LogP contribution in [0.15, 0.2) is 30.3 Å². The SMILES string of the molecule is CSC1O[C@H](CO)C(OC(=O)c2ccccc2)[C@@H](C)[C@H]1C. The number of rotatable bonds is 4. The molecule has 0 radical (unpaired) electrons. The van der Waals surface area contributed by atoms with Crippen molar-refractivity contribution in [2.75, 3.05) is 12.9 Å². The van der Waals surface area contributed by atoms with E-state index in [4.69, 9.17) is 9.47 Å². The fraction of sp³-hybridized carbons (Fsp3) is 0.562. The first-order chi connectivity index (χ1) is 10.1. The minimum atomic E-state index is -0.471. The van der Waals surface area contributed by atoms with E-state index in [1.54, 1.807) is 36.0 Å². The quantitative estimate of drug-likeness (QED) is 0.866. The molecule has 4 nitrogen and oxygen atoms in total. The van der Waals surface area contributed by atoms with E-state index in [1.165, 1.54) is 0 Å². The summed E-state index contributed by atoms with van der Waals surface area (Å²) < 4.78 is 11.5. The lowest BCUT2D eigenvalue weighted by Crippen LogP contribution is -2.51. The molecule has 1 aliphatic rings. The molecule has 1 N–H and O–H groups in total. The first kappa shape index (κ1) is 16.3. The summed E-state index contributed by atoms with van der Waals surface area (Å²) >= 11 is 1.62. The molecule has 2 rings (SSSR count). The lowest BCUT2D eigenvalue weighted by molar-refractivity contribution is -0.154. The predicted octanol–water partition coefficient (Wildman–Crippen LogP) is 2.56. The Balaban J connectivity index is 2.11. The van der Waals surface area contributed by atoms with Gasteiger partial charge in [0.2, 0.25) is 0 Å². The van der Waals surface area contributed by atoms with E-state index in [-0.39, 0.29) is 29.8 Å². The van der Waals surface area contributed by atoms with Crippen molar-refractivity contribution in [1.29, 1.82) is 0 Å². The highest BCUT2D eigenvalue weighted by Gasteiger charge is 2.43. The maximum Gasteiger partial charge on any atom is 0.338 e. The number of thioether (sulfide) groups is 1. The normalized spacial score (nSPS) is 32.7. The number of ether oxygens (including phenoxy) is 2. The summed E-state index contributed by atoms with van der Waals surface area (Å²) in [5.41, 5.74) is 0.532. The van der Waals surface area contributed by atoms with E-state index in [0.29, 0.717) is 5.56 Å². The van der Waals surface area contributed by atoms with Crippen LogP contribution in [0, 0.1) is 11.8 Å². The van der Waals surface area contributed by atoms with E-state index in [9.17, 15) is 9.90 Å². The van der Waals surface area contributed by atoms with E-state index >= 15 is 0 Å². The maximum absolute atomic E-state index is 12.2. The van der Waals surface area contributed by atoms with Crippen molar-refractivity contribution in [2.24, 2.45) is 11.8 Å². The van der Waals surface area contributed by atoms with Crippen molar-refractivity contribution >= 4 is 17.7 Å². The fourth-order valence-electron chi connectivity index (χ4n) is 2.63. The van der Waals surface area contributed by atoms with Gasteiger partial charge in [0.1, 0.15) is 17.6 Å². The molecule has 1 fully saturated rings. The number of hydrogen-bond donors (Lipinski definition) is 1. The molecule has 1 heterocycles. The van der Waals surface area contributed by atoms with Crippen LogP contribution in [-0.4, -0.2) is 41.6 Å². The second-order valence-electron chi connectivity index (χ2n) is 5.42. The molecule has 1 aromatic carbocycles. The van der Waals surface area contributed by atoms with Gasteiger partial charge in [-0.1, -0.05) is 32.0 Å². The topological polar surface area (TPSA) is 55.8 Å². The molecule has 0 aromatic heterocycles. The highest BCUT2D eigenvalue weighted by molar-refractivity contribution is 7.99. The molecule has 5 atom stereocenters. The Morgan fingerprint density at radius 1 is 1.29 bits per heavy atom. The molecule has 116 valence electrons. The van der Waals surface area contributed by atoms with Crippen molar-refractivity contribution in [3.05, 3.63) is 35.9 Å². The molecule has 1 aromatic rings. The average Bonchev–Trinajstić information content (AvgIpc) is 2.53. The van der Waals surface area contributed by atoms with Gasteiger partial charge in [0.15, 0.2) is 0 Å². The van der Waals surface area contributed by atoms with Crippen LogP contribution in [0.5, 0.6) is 0 Å². The van der Waals surface area contributed by atoms with E-state index < -0.39 is 12.2 Å². The highest BCUT2D eigenvalue weighted by atomic mass is 32.2. The summed E-state index contributed by atoms with van der Waals surface area (Å²) in [6, 6.07) is 8.89. The predicted molar refractivity (Wildman–Crippen MR) is 83.2 cm³/mol. The highest BCUT2D eigenvalue weighted by Crippen LogP contribution is 2.36. The summed E-state index contributed by atoms with van der Waals surface area (Å²) in [7, 11) is 0. The lowest BCUT2D eigenvalue weighted by Gasteiger charge is -2.43. The molecule has 1 aliphatic heterocycles. The van der Waals surface area contributed by atoms with E-state index in [0.717, 1.165) is 0 Å². The zero-order valence-corrected chi connectivity index (χ0v) is 13.4. The van der Waals surface area contributed by atoms with Gasteiger partial charge in [-0.05, 0) is 24.3 Å². The summed E-state index contributed by atoms with van der Waals surface area (Å²) in [4.78, 5) is 12.2. The second-order valence-corrected chi connectivity index (χ2v) is 6.35. The van der Waals surface area contributed by atoms with Crippen LogP contribution in [0.3, 0.4) is 0 Å². The average molecular weight is 310 g/mol. The van der Waals surface area contributed by atoms with Crippen molar-refractivity contribution in [3.8, 4) is 0 Å². The smallest absolute Gasteiger partial charge is 0.338 e. The number of hydrogen-bond acceptors (Lipinski definition) is 5. The Kier molecular flexibility index (Phi) is 5.67. The molecule has 0 aliphatic carbocycles. The van der Waals surface area contributed by atoms with Crippen molar-refractivity contribution in [1.82, 2.24) is 0 Å². The number of esters is 1. The lowest BCUT2D eigenvalue weighted by atomic mass is 9.85. The van der Waals surface area contributed by atoms with Gasteiger partial charge in [0, 0.05) is 5.92 Å². The van der Waals surface area contributed by atoms with Crippen molar-refractivity contribution in [3.63, 3.8) is 0 Å². The zero-order valence-electron chi connectivity index (χ0n) is 12.6. The first-order valence-corrected chi connectivity index (χ1v) is 8.42. The number of carbonyl (C=O) groups excluding carboxylic acids is 1. The van der Waals surface area contributed by atoms with Crippen LogP contribution in [0.4, 0.5) is 0 Å². The third-order valence-corrected chi connectivity index (χ3v) is 5.12. The summed E-state index contributed by atoms with van der Waals surface area (Å²) in [5, 5.41) is 9.54. The molecule has 0 saturated carbocycles. The van der Waals surface area contributed by atoms with Crippen molar-refractivity contribution < 1.29 is 19.4 Å². The molecular weight excluding hydrogens is 288 g/mol. The van der Waals surface area contributed by atoms with Gasteiger partial charge < -0.3 is 14.6 Å². The standard InChI is InChI=1S/C16H22O4S/c1-10-11(2)16(21-3)19-13(9-17)14(10)20-15(18)12-7-5-4-6-8-12/h4-8,10-11,13-14,16-17H,9H2,1-3H3/t10-,11+,13+,14?,16?/m0/s1. The first-order valence-electron chi connectivity index (χ1n) is 7.13. The van der Waals surface area contributed by atoms with Crippen LogP contribution >= 0.6 is 11.8 Å². The van der Waals surface area contributed by atoms with Gasteiger partial charge in [-0.3, -0.25) is 0 Å². The van der Waals surface area contributed by atoms with Crippen LogP contribution in [0.25, 0.3) is 0 Å². The molecule has 1 saturated heterocycles. The van der Waals surface area contributed by atoms with E-state index in [2.05, 4.69) is 6.92 Å². The second kappa shape index (κ2) is 7.29. The van der Waals surface area contributed by atoms with E-state index in [1.807, 2.05) is 19.2 Å². The molecule has 21 heavy (non-hydrogen) atoms.